The van der Waals surface area contributed by atoms with Gasteiger partial charge in [0.25, 0.3) is 0 Å². The van der Waals surface area contributed by atoms with Crippen LogP contribution in [0.2, 0.25) is 0 Å². The maximum atomic E-state index is 11.8. The molecule has 0 aliphatic rings. The van der Waals surface area contributed by atoms with E-state index in [0.717, 1.165) is 21.5 Å². The van der Waals surface area contributed by atoms with E-state index in [9.17, 15) is 4.79 Å². The summed E-state index contributed by atoms with van der Waals surface area (Å²) in [5, 5.41) is 4.83. The third-order valence-corrected chi connectivity index (χ3v) is 4.51. The molecule has 0 aliphatic heterocycles. The van der Waals surface area contributed by atoms with Crippen LogP contribution in [0.5, 0.6) is 5.75 Å². The van der Waals surface area contributed by atoms with Gasteiger partial charge in [0, 0.05) is 16.8 Å². The van der Waals surface area contributed by atoms with Crippen molar-refractivity contribution in [2.24, 2.45) is 0 Å². The number of nitrogens with one attached hydrogen (secondary N) is 1. The number of aromatic nitrogens is 1. The Balaban J connectivity index is 1.81. The first-order chi connectivity index (χ1) is 9.67. The molecule has 0 radical (unpaired) electrons. The Morgan fingerprint density at radius 1 is 1.40 bits per heavy atom. The zero-order valence-corrected chi connectivity index (χ0v) is 13.0. The fraction of sp³-hybridized carbons (Fsp3) is 0.286. The smallest absolute Gasteiger partial charge is 0.234 e. The molecular formula is C14H16N2O2S2. The molecule has 0 saturated heterocycles. The van der Waals surface area contributed by atoms with Gasteiger partial charge in [0.1, 0.15) is 5.75 Å². The highest BCUT2D eigenvalue weighted by atomic mass is 32.2. The summed E-state index contributed by atoms with van der Waals surface area (Å²) >= 11 is 3.01. The molecule has 0 spiro atoms. The highest BCUT2D eigenvalue weighted by molar-refractivity contribution is 8.01. The minimum absolute atomic E-state index is 0.0352. The predicted octanol–water partition coefficient (Wildman–Crippen LogP) is 3.58. The molecular weight excluding hydrogens is 292 g/mol. The molecule has 0 bridgehead atoms. The molecule has 1 amide bonds. The van der Waals surface area contributed by atoms with Crippen LogP contribution in [-0.2, 0) is 4.79 Å². The van der Waals surface area contributed by atoms with Gasteiger partial charge >= 0.3 is 0 Å². The number of nitrogens with zero attached hydrogens (tertiary/aromatic N) is 1. The minimum Gasteiger partial charge on any atom is -0.494 e. The Labute approximate surface area is 126 Å². The van der Waals surface area contributed by atoms with E-state index in [2.05, 4.69) is 10.3 Å². The summed E-state index contributed by atoms with van der Waals surface area (Å²) in [7, 11) is 0. The Morgan fingerprint density at radius 2 is 2.15 bits per heavy atom. The van der Waals surface area contributed by atoms with E-state index in [1.165, 1.54) is 11.8 Å². The molecule has 1 N–H and O–H groups in total. The topological polar surface area (TPSA) is 51.2 Å². The van der Waals surface area contributed by atoms with Gasteiger partial charge < -0.3 is 10.1 Å². The summed E-state index contributed by atoms with van der Waals surface area (Å²) in [6, 6.07) is 7.36. The average Bonchev–Trinajstić information content (AvgIpc) is 2.85. The maximum absolute atomic E-state index is 11.8. The molecule has 1 heterocycles. The Hall–Kier alpha value is -1.53. The van der Waals surface area contributed by atoms with Crippen molar-refractivity contribution in [3.8, 4) is 5.75 Å². The fourth-order valence-electron chi connectivity index (χ4n) is 1.52. The number of anilines is 1. The molecule has 1 aromatic carbocycles. The zero-order chi connectivity index (χ0) is 14.4. The summed E-state index contributed by atoms with van der Waals surface area (Å²) in [4.78, 5) is 16.1. The van der Waals surface area contributed by atoms with Crippen molar-refractivity contribution in [3.05, 3.63) is 35.3 Å². The fourth-order valence-corrected chi connectivity index (χ4v) is 3.17. The highest BCUT2D eigenvalue weighted by Gasteiger charge is 2.06. The van der Waals surface area contributed by atoms with Crippen LogP contribution in [0.25, 0.3) is 0 Å². The van der Waals surface area contributed by atoms with Gasteiger partial charge in [-0.05, 0) is 38.1 Å². The quantitative estimate of drug-likeness (QED) is 0.829. The molecule has 4 nitrogen and oxygen atoms in total. The largest absolute Gasteiger partial charge is 0.494 e. The van der Waals surface area contributed by atoms with Crippen LogP contribution in [0.15, 0.2) is 34.0 Å². The maximum Gasteiger partial charge on any atom is 0.234 e. The molecule has 2 aromatic rings. The van der Waals surface area contributed by atoms with Gasteiger partial charge in [0.2, 0.25) is 5.91 Å². The number of thiazole rings is 1. The van der Waals surface area contributed by atoms with Crippen LogP contribution >= 0.6 is 23.1 Å². The lowest BCUT2D eigenvalue weighted by molar-refractivity contribution is -0.113. The lowest BCUT2D eigenvalue weighted by Gasteiger charge is -2.06. The number of aryl methyl sites for hydroxylation is 1. The van der Waals surface area contributed by atoms with E-state index in [-0.39, 0.29) is 5.91 Å². The first-order valence-electron chi connectivity index (χ1n) is 6.25. The summed E-state index contributed by atoms with van der Waals surface area (Å²) in [6.07, 6.45) is 0. The van der Waals surface area contributed by atoms with E-state index in [0.29, 0.717) is 12.4 Å². The molecule has 0 saturated carbocycles. The van der Waals surface area contributed by atoms with Crippen LogP contribution in [0.1, 0.15) is 12.6 Å². The molecule has 6 heteroatoms. The van der Waals surface area contributed by atoms with Gasteiger partial charge in [-0.25, -0.2) is 4.98 Å². The number of hydrogen-bond acceptors (Lipinski definition) is 5. The van der Waals surface area contributed by atoms with Crippen LogP contribution in [0, 0.1) is 6.92 Å². The van der Waals surface area contributed by atoms with Crippen molar-refractivity contribution in [3.63, 3.8) is 0 Å². The number of hydrogen-bond donors (Lipinski definition) is 1. The van der Waals surface area contributed by atoms with Gasteiger partial charge in [-0.15, -0.1) is 11.3 Å². The van der Waals surface area contributed by atoms with Crippen molar-refractivity contribution >= 4 is 34.7 Å². The number of carbonyl (C=O) groups excluding carboxylic acids is 1. The average molecular weight is 308 g/mol. The normalized spacial score (nSPS) is 10.3. The highest BCUT2D eigenvalue weighted by Crippen LogP contribution is 2.22. The van der Waals surface area contributed by atoms with Crippen molar-refractivity contribution < 1.29 is 9.53 Å². The third-order valence-electron chi connectivity index (χ3n) is 2.37. The van der Waals surface area contributed by atoms with Crippen LogP contribution < -0.4 is 10.1 Å². The van der Waals surface area contributed by atoms with E-state index in [1.54, 1.807) is 11.3 Å². The monoisotopic (exact) mass is 308 g/mol. The lowest BCUT2D eigenvalue weighted by Crippen LogP contribution is -2.13. The van der Waals surface area contributed by atoms with E-state index in [1.807, 2.05) is 43.5 Å². The molecule has 0 fully saturated rings. The number of rotatable bonds is 6. The second-order valence-corrected chi connectivity index (χ2v) is 6.13. The molecule has 20 heavy (non-hydrogen) atoms. The number of carbonyl (C=O) groups is 1. The molecule has 0 atom stereocenters. The SMILES string of the molecule is CCOc1ccc(NC(=O)CSc2nc(C)cs2)cc1. The summed E-state index contributed by atoms with van der Waals surface area (Å²) in [6.45, 7) is 4.52. The standard InChI is InChI=1S/C14H16N2O2S2/c1-3-18-12-6-4-11(5-7-12)16-13(17)9-20-14-15-10(2)8-19-14/h4-8H,3,9H2,1-2H3,(H,16,17). The zero-order valence-electron chi connectivity index (χ0n) is 11.4. The predicted molar refractivity (Wildman–Crippen MR) is 83.8 cm³/mol. The number of benzene rings is 1. The summed E-state index contributed by atoms with van der Waals surface area (Å²) in [5.74, 6) is 1.13. The summed E-state index contributed by atoms with van der Waals surface area (Å²) in [5.41, 5.74) is 1.76. The molecule has 0 unspecified atom stereocenters. The Morgan fingerprint density at radius 3 is 2.75 bits per heavy atom. The van der Waals surface area contributed by atoms with Gasteiger partial charge in [0.15, 0.2) is 4.34 Å². The third kappa shape index (κ3) is 4.54. The van der Waals surface area contributed by atoms with Gasteiger partial charge in [-0.2, -0.15) is 0 Å². The van der Waals surface area contributed by atoms with Crippen molar-refractivity contribution in [1.29, 1.82) is 0 Å². The van der Waals surface area contributed by atoms with E-state index < -0.39 is 0 Å². The van der Waals surface area contributed by atoms with Crippen molar-refractivity contribution in [2.45, 2.75) is 18.2 Å². The first-order valence-corrected chi connectivity index (χ1v) is 8.11. The van der Waals surface area contributed by atoms with Gasteiger partial charge in [-0.1, -0.05) is 11.8 Å². The second kappa shape index (κ2) is 7.31. The van der Waals surface area contributed by atoms with Gasteiger partial charge in [0.05, 0.1) is 12.4 Å². The van der Waals surface area contributed by atoms with Crippen LogP contribution in [-0.4, -0.2) is 23.3 Å². The molecule has 1 aromatic heterocycles. The Kier molecular flexibility index (Phi) is 5.43. The van der Waals surface area contributed by atoms with Crippen LogP contribution in [0.3, 0.4) is 0 Å². The molecule has 2 rings (SSSR count). The molecule has 0 aliphatic carbocycles. The number of thioether (sulfide) groups is 1. The number of amides is 1. The minimum atomic E-state index is -0.0352. The lowest BCUT2D eigenvalue weighted by atomic mass is 10.3. The van der Waals surface area contributed by atoms with Crippen molar-refractivity contribution in [2.75, 3.05) is 17.7 Å². The second-order valence-electron chi connectivity index (χ2n) is 4.05. The first kappa shape index (κ1) is 14.9. The van der Waals surface area contributed by atoms with E-state index in [4.69, 9.17) is 4.74 Å². The van der Waals surface area contributed by atoms with E-state index >= 15 is 0 Å². The number of ether oxygens (including phenoxy) is 1. The molecule has 106 valence electrons. The van der Waals surface area contributed by atoms with Gasteiger partial charge in [-0.3, -0.25) is 4.79 Å². The Bertz CT molecular complexity index is 567. The van der Waals surface area contributed by atoms with Crippen molar-refractivity contribution in [1.82, 2.24) is 4.98 Å². The van der Waals surface area contributed by atoms with Crippen LogP contribution in [0.4, 0.5) is 5.69 Å². The summed E-state index contributed by atoms with van der Waals surface area (Å²) < 4.78 is 6.27.